The van der Waals surface area contributed by atoms with Crippen LogP contribution in [0.15, 0.2) is 65.1 Å². The van der Waals surface area contributed by atoms with E-state index < -0.39 is 28.1 Å². The van der Waals surface area contributed by atoms with E-state index in [1.165, 1.54) is 4.31 Å². The second kappa shape index (κ2) is 8.60. The minimum atomic E-state index is -3.90. The highest BCUT2D eigenvalue weighted by Gasteiger charge is 2.46. The summed E-state index contributed by atoms with van der Waals surface area (Å²) in [5, 5.41) is 9.99. The highest BCUT2D eigenvalue weighted by Crippen LogP contribution is 2.44. The molecule has 0 unspecified atom stereocenters. The predicted molar refractivity (Wildman–Crippen MR) is 120 cm³/mol. The summed E-state index contributed by atoms with van der Waals surface area (Å²) >= 11 is 0. The molecule has 4 rings (SSSR count). The highest BCUT2D eigenvalue weighted by molar-refractivity contribution is 7.89. The smallest absolute Gasteiger partial charge is 0.333 e. The van der Waals surface area contributed by atoms with Crippen LogP contribution in [0.1, 0.15) is 54.8 Å². The fourth-order valence-electron chi connectivity index (χ4n) is 4.96. The lowest BCUT2D eigenvalue weighted by Gasteiger charge is -2.32. The fraction of sp³-hybridized carbons (Fsp3) is 0.400. The van der Waals surface area contributed by atoms with Gasteiger partial charge < -0.3 is 5.11 Å². The molecule has 0 spiro atoms. The Hall–Kier alpha value is -2.44. The van der Waals surface area contributed by atoms with E-state index in [0.717, 1.165) is 36.8 Å². The van der Waals surface area contributed by atoms with E-state index in [1.807, 2.05) is 38.1 Å². The van der Waals surface area contributed by atoms with Crippen LogP contribution >= 0.6 is 0 Å². The molecule has 6 heteroatoms. The van der Waals surface area contributed by atoms with Crippen molar-refractivity contribution < 1.29 is 18.3 Å². The maximum atomic E-state index is 13.9. The minimum absolute atomic E-state index is 0.143. The summed E-state index contributed by atoms with van der Waals surface area (Å²) in [5.74, 6) is -0.646. The Kier molecular flexibility index (Phi) is 6.04. The zero-order chi connectivity index (χ0) is 22.2. The Labute approximate surface area is 184 Å². The van der Waals surface area contributed by atoms with Gasteiger partial charge in [-0.25, -0.2) is 13.2 Å². The van der Waals surface area contributed by atoms with Crippen molar-refractivity contribution in [3.63, 3.8) is 0 Å². The quantitative estimate of drug-likeness (QED) is 0.687. The number of carbonyl (C=O) groups is 1. The SMILES string of the molecule is Cc1ccc(S(=O)(=O)N2[C@@H](c3cccc(C)c3)C(C(=O)O)=C[C@H]2CC2CCCC2)cc1. The molecule has 0 radical (unpaired) electrons. The van der Waals surface area contributed by atoms with Crippen LogP contribution in [-0.2, 0) is 14.8 Å². The number of hydrogen-bond donors (Lipinski definition) is 1. The minimum Gasteiger partial charge on any atom is -0.478 e. The molecule has 1 aliphatic carbocycles. The Morgan fingerprint density at radius 3 is 2.32 bits per heavy atom. The molecule has 0 aromatic heterocycles. The number of carboxylic acids is 1. The number of sulfonamides is 1. The van der Waals surface area contributed by atoms with Gasteiger partial charge >= 0.3 is 5.97 Å². The molecule has 1 aliphatic heterocycles. The number of benzene rings is 2. The molecule has 2 aromatic carbocycles. The third-order valence-corrected chi connectivity index (χ3v) is 8.40. The topological polar surface area (TPSA) is 74.7 Å². The van der Waals surface area contributed by atoms with Gasteiger partial charge in [0.05, 0.1) is 16.5 Å². The number of aliphatic carboxylic acids is 1. The molecular weight excluding hydrogens is 410 g/mol. The molecule has 5 nitrogen and oxygen atoms in total. The number of aryl methyl sites for hydroxylation is 2. The van der Waals surface area contributed by atoms with Gasteiger partial charge in [0.1, 0.15) is 0 Å². The first-order chi connectivity index (χ1) is 14.8. The Bertz CT molecular complexity index is 1100. The van der Waals surface area contributed by atoms with Gasteiger partial charge in [0.2, 0.25) is 10.0 Å². The number of hydrogen-bond acceptors (Lipinski definition) is 3. The van der Waals surface area contributed by atoms with Crippen molar-refractivity contribution in [2.24, 2.45) is 5.92 Å². The Morgan fingerprint density at radius 1 is 1.03 bits per heavy atom. The normalized spacial score (nSPS) is 22.6. The molecule has 0 amide bonds. The maximum Gasteiger partial charge on any atom is 0.333 e. The van der Waals surface area contributed by atoms with E-state index >= 15 is 0 Å². The molecule has 1 fully saturated rings. The van der Waals surface area contributed by atoms with Crippen LogP contribution < -0.4 is 0 Å². The summed E-state index contributed by atoms with van der Waals surface area (Å²) in [7, 11) is -3.90. The molecule has 2 atom stereocenters. The van der Waals surface area contributed by atoms with E-state index in [2.05, 4.69) is 0 Å². The van der Waals surface area contributed by atoms with Gasteiger partial charge in [-0.1, -0.05) is 79.3 Å². The maximum absolute atomic E-state index is 13.9. The molecule has 1 saturated carbocycles. The summed E-state index contributed by atoms with van der Waals surface area (Å²) < 4.78 is 29.2. The summed E-state index contributed by atoms with van der Waals surface area (Å²) in [4.78, 5) is 12.4. The van der Waals surface area contributed by atoms with Crippen molar-refractivity contribution in [1.82, 2.24) is 4.31 Å². The Morgan fingerprint density at radius 2 is 1.71 bits per heavy atom. The summed E-state index contributed by atoms with van der Waals surface area (Å²) in [6.07, 6.45) is 6.78. The van der Waals surface area contributed by atoms with Gasteiger partial charge in [-0.3, -0.25) is 0 Å². The van der Waals surface area contributed by atoms with Gasteiger partial charge in [-0.05, 0) is 43.9 Å². The first-order valence-corrected chi connectivity index (χ1v) is 12.3. The Balaban J connectivity index is 1.83. The van der Waals surface area contributed by atoms with Crippen molar-refractivity contribution in [3.8, 4) is 0 Å². The molecule has 2 aromatic rings. The van der Waals surface area contributed by atoms with Crippen molar-refractivity contribution in [3.05, 3.63) is 76.9 Å². The van der Waals surface area contributed by atoms with Crippen LogP contribution in [0.25, 0.3) is 0 Å². The number of nitrogens with zero attached hydrogens (tertiary/aromatic N) is 1. The lowest BCUT2D eigenvalue weighted by atomic mass is 9.98. The first-order valence-electron chi connectivity index (χ1n) is 10.9. The van der Waals surface area contributed by atoms with Crippen LogP contribution in [-0.4, -0.2) is 29.8 Å². The van der Waals surface area contributed by atoms with Crippen LogP contribution in [0.2, 0.25) is 0 Å². The molecule has 0 bridgehead atoms. The predicted octanol–water partition coefficient (Wildman–Crippen LogP) is 5.01. The third kappa shape index (κ3) is 4.32. The van der Waals surface area contributed by atoms with E-state index in [1.54, 1.807) is 30.3 Å². The summed E-state index contributed by atoms with van der Waals surface area (Å²) in [6.45, 7) is 3.84. The fourth-order valence-corrected chi connectivity index (χ4v) is 6.70. The van der Waals surface area contributed by atoms with Crippen LogP contribution in [0.3, 0.4) is 0 Å². The lowest BCUT2D eigenvalue weighted by Crippen LogP contribution is -2.39. The molecule has 2 aliphatic rings. The van der Waals surface area contributed by atoms with E-state index in [-0.39, 0.29) is 10.5 Å². The molecule has 164 valence electrons. The first kappa shape index (κ1) is 21.8. The average molecular weight is 440 g/mol. The van der Waals surface area contributed by atoms with Crippen LogP contribution in [0, 0.1) is 19.8 Å². The van der Waals surface area contributed by atoms with Crippen molar-refractivity contribution in [1.29, 1.82) is 0 Å². The monoisotopic (exact) mass is 439 g/mol. The zero-order valence-electron chi connectivity index (χ0n) is 18.0. The van der Waals surface area contributed by atoms with Gasteiger partial charge in [-0.2, -0.15) is 4.31 Å². The molecule has 1 heterocycles. The van der Waals surface area contributed by atoms with Crippen LogP contribution in [0.4, 0.5) is 0 Å². The van der Waals surface area contributed by atoms with E-state index in [0.29, 0.717) is 17.9 Å². The second-order valence-corrected chi connectivity index (χ2v) is 10.7. The highest BCUT2D eigenvalue weighted by atomic mass is 32.2. The van der Waals surface area contributed by atoms with Gasteiger partial charge in [0.15, 0.2) is 0 Å². The summed E-state index contributed by atoms with van der Waals surface area (Å²) in [5.41, 5.74) is 2.78. The number of rotatable bonds is 6. The largest absolute Gasteiger partial charge is 0.478 e. The molecular formula is C25H29NO4S. The van der Waals surface area contributed by atoms with Crippen molar-refractivity contribution in [2.45, 2.75) is 62.9 Å². The van der Waals surface area contributed by atoms with E-state index in [9.17, 15) is 18.3 Å². The molecule has 1 N–H and O–H groups in total. The van der Waals surface area contributed by atoms with E-state index in [4.69, 9.17) is 0 Å². The van der Waals surface area contributed by atoms with Crippen molar-refractivity contribution >= 4 is 16.0 Å². The van der Waals surface area contributed by atoms with Gasteiger partial charge in [-0.15, -0.1) is 0 Å². The molecule has 31 heavy (non-hydrogen) atoms. The van der Waals surface area contributed by atoms with Gasteiger partial charge in [0.25, 0.3) is 0 Å². The molecule has 0 saturated heterocycles. The zero-order valence-corrected chi connectivity index (χ0v) is 18.8. The van der Waals surface area contributed by atoms with Gasteiger partial charge in [0, 0.05) is 6.04 Å². The second-order valence-electron chi connectivity index (χ2n) is 8.85. The standard InChI is InChI=1S/C25H29NO4S/c1-17-10-12-22(13-11-17)31(29,30)26-21(15-19-7-3-4-8-19)16-23(25(27)28)24(26)20-9-5-6-18(2)14-20/h5-6,9-14,16,19,21,24H,3-4,7-8,15H2,1-2H3,(H,27,28)/t21-,24+/m1/s1. The lowest BCUT2D eigenvalue weighted by molar-refractivity contribution is -0.133. The number of carboxylic acid groups (broad SMARTS) is 1. The average Bonchev–Trinajstić information content (AvgIpc) is 3.37. The van der Waals surface area contributed by atoms with Crippen molar-refractivity contribution in [2.75, 3.05) is 0 Å². The van der Waals surface area contributed by atoms with Crippen LogP contribution in [0.5, 0.6) is 0 Å². The third-order valence-electron chi connectivity index (χ3n) is 6.50. The summed E-state index contributed by atoms with van der Waals surface area (Å²) in [6, 6.07) is 13.0.